The van der Waals surface area contributed by atoms with Crippen molar-refractivity contribution in [2.75, 3.05) is 0 Å². The maximum atomic E-state index is 3.39. The van der Waals surface area contributed by atoms with E-state index in [2.05, 4.69) is 24.3 Å². The quantitative estimate of drug-likeness (QED) is 0.451. The Hall–Kier alpha value is -0.520. The molecule has 0 bridgehead atoms. The highest BCUT2D eigenvalue weighted by Gasteiger charge is 1.94. The van der Waals surface area contributed by atoms with E-state index < -0.39 is 0 Å². The molecule has 0 aliphatic heterocycles. The van der Waals surface area contributed by atoms with E-state index in [0.29, 0.717) is 0 Å². The predicted octanol–water partition coefficient (Wildman–Crippen LogP) is 6.77. The van der Waals surface area contributed by atoms with Crippen LogP contribution in [0, 0.1) is 6.08 Å². The summed E-state index contributed by atoms with van der Waals surface area (Å²) in [6, 6.07) is 0. The second-order valence-corrected chi connectivity index (χ2v) is 5.93. The van der Waals surface area contributed by atoms with Crippen LogP contribution in [0.5, 0.6) is 0 Å². The van der Waals surface area contributed by atoms with Gasteiger partial charge in [-0.15, -0.1) is 0 Å². The molecule has 0 atom stereocenters. The first kappa shape index (κ1) is 16.5. The third-order valence-corrected chi connectivity index (χ3v) is 4.04. The predicted molar refractivity (Wildman–Crippen MR) is 86.2 cm³/mol. The van der Waals surface area contributed by atoms with Crippen molar-refractivity contribution in [3.05, 3.63) is 24.3 Å². The molecule has 0 saturated heterocycles. The minimum atomic E-state index is 1.14. The van der Waals surface area contributed by atoms with E-state index in [9.17, 15) is 0 Å². The lowest BCUT2D eigenvalue weighted by atomic mass is 10.0. The summed E-state index contributed by atoms with van der Waals surface area (Å²) in [5.74, 6) is 0. The van der Waals surface area contributed by atoms with Crippen LogP contribution in [-0.4, -0.2) is 0 Å². The zero-order valence-corrected chi connectivity index (χ0v) is 12.8. The zero-order chi connectivity index (χ0) is 13.4. The Morgan fingerprint density at radius 1 is 0.526 bits per heavy atom. The van der Waals surface area contributed by atoms with Crippen LogP contribution in [0.2, 0.25) is 0 Å². The summed E-state index contributed by atoms with van der Waals surface area (Å²) in [6.45, 7) is 0. The van der Waals surface area contributed by atoms with E-state index in [1.165, 1.54) is 89.9 Å². The molecule has 0 heterocycles. The fourth-order valence-corrected chi connectivity index (χ4v) is 2.75. The minimum absolute atomic E-state index is 1.14. The van der Waals surface area contributed by atoms with Gasteiger partial charge < -0.3 is 0 Å². The van der Waals surface area contributed by atoms with Crippen LogP contribution >= 0.6 is 0 Å². The summed E-state index contributed by atoms with van der Waals surface area (Å²) in [6.07, 6.45) is 31.0. The lowest BCUT2D eigenvalue weighted by molar-refractivity contribution is 0.537. The van der Waals surface area contributed by atoms with Crippen LogP contribution in [0.4, 0.5) is 0 Å². The fraction of sp³-hybridized carbons (Fsp3) is 0.789. The van der Waals surface area contributed by atoms with Gasteiger partial charge in [0.15, 0.2) is 0 Å². The Balaban J connectivity index is 2.12. The summed E-state index contributed by atoms with van der Waals surface area (Å²) in [5.41, 5.74) is 0. The van der Waals surface area contributed by atoms with Crippen LogP contribution in [0.1, 0.15) is 96.3 Å². The number of hydrogen-bond acceptors (Lipinski definition) is 0. The van der Waals surface area contributed by atoms with Gasteiger partial charge in [0.25, 0.3) is 0 Å². The third-order valence-electron chi connectivity index (χ3n) is 4.04. The first-order valence-electron chi connectivity index (χ1n) is 8.72. The average Bonchev–Trinajstić information content (AvgIpc) is 2.43. The van der Waals surface area contributed by atoms with Gasteiger partial charge in [0.1, 0.15) is 0 Å². The lowest BCUT2D eigenvalue weighted by Crippen LogP contribution is -1.83. The molecule has 0 fully saturated rings. The van der Waals surface area contributed by atoms with Gasteiger partial charge in [0, 0.05) is 0 Å². The molecule has 0 saturated carbocycles. The lowest BCUT2D eigenvalue weighted by Gasteiger charge is -2.02. The van der Waals surface area contributed by atoms with E-state index in [4.69, 9.17) is 0 Å². The summed E-state index contributed by atoms with van der Waals surface area (Å²) in [7, 11) is 0. The molecule has 0 nitrogen and oxygen atoms in total. The fourth-order valence-electron chi connectivity index (χ4n) is 2.75. The van der Waals surface area contributed by atoms with Crippen molar-refractivity contribution in [1.29, 1.82) is 0 Å². The smallest absolute Gasteiger partial charge is 0.0276 e. The molecular formula is C19H33. The van der Waals surface area contributed by atoms with Gasteiger partial charge in [-0.3, -0.25) is 0 Å². The van der Waals surface area contributed by atoms with Crippen molar-refractivity contribution in [2.45, 2.75) is 96.3 Å². The van der Waals surface area contributed by atoms with Gasteiger partial charge in [-0.1, -0.05) is 88.9 Å². The topological polar surface area (TPSA) is 0 Å². The van der Waals surface area contributed by atoms with E-state index in [1.54, 1.807) is 0 Å². The number of rotatable bonds is 0. The Labute approximate surface area is 121 Å². The molecule has 1 rings (SSSR count). The SMILES string of the molecule is [C]1=C\C=C/CCCCCCCCCCCCCCC/1. The third kappa shape index (κ3) is 12.3. The van der Waals surface area contributed by atoms with Gasteiger partial charge in [-0.05, 0) is 31.8 Å². The highest BCUT2D eigenvalue weighted by molar-refractivity contribution is 4.98. The zero-order valence-electron chi connectivity index (χ0n) is 12.8. The first-order valence-corrected chi connectivity index (χ1v) is 8.72. The second kappa shape index (κ2) is 13.9. The van der Waals surface area contributed by atoms with Gasteiger partial charge in [0.2, 0.25) is 0 Å². The normalized spacial score (nSPS) is 25.7. The van der Waals surface area contributed by atoms with Crippen molar-refractivity contribution in [3.8, 4) is 0 Å². The first-order chi connectivity index (χ1) is 9.50. The molecule has 0 aromatic rings. The number of allylic oxidation sites excluding steroid dienone is 4. The highest BCUT2D eigenvalue weighted by atomic mass is 14.0. The van der Waals surface area contributed by atoms with Gasteiger partial charge in [-0.25, -0.2) is 0 Å². The highest BCUT2D eigenvalue weighted by Crippen LogP contribution is 2.13. The Kier molecular flexibility index (Phi) is 12.1. The van der Waals surface area contributed by atoms with Crippen molar-refractivity contribution in [2.24, 2.45) is 0 Å². The van der Waals surface area contributed by atoms with Crippen molar-refractivity contribution < 1.29 is 0 Å². The van der Waals surface area contributed by atoms with Crippen LogP contribution in [-0.2, 0) is 0 Å². The maximum Gasteiger partial charge on any atom is -0.0276 e. The van der Waals surface area contributed by atoms with E-state index in [0.717, 1.165) is 6.42 Å². The van der Waals surface area contributed by atoms with Gasteiger partial charge in [0.05, 0.1) is 0 Å². The Morgan fingerprint density at radius 2 is 1.00 bits per heavy atom. The van der Waals surface area contributed by atoms with Crippen molar-refractivity contribution in [3.63, 3.8) is 0 Å². The van der Waals surface area contributed by atoms with Crippen LogP contribution in [0.25, 0.3) is 0 Å². The Bertz CT molecular complexity index is 200. The number of hydrogen-bond donors (Lipinski definition) is 0. The molecule has 1 aliphatic carbocycles. The minimum Gasteiger partial charge on any atom is -0.0845 e. The second-order valence-electron chi connectivity index (χ2n) is 5.93. The molecular weight excluding hydrogens is 228 g/mol. The molecule has 1 aliphatic rings. The van der Waals surface area contributed by atoms with Crippen molar-refractivity contribution in [1.82, 2.24) is 0 Å². The van der Waals surface area contributed by atoms with Crippen LogP contribution in [0.3, 0.4) is 0 Å². The molecule has 0 spiro atoms. The molecule has 0 heteroatoms. The van der Waals surface area contributed by atoms with Gasteiger partial charge >= 0.3 is 0 Å². The standard InChI is InChI=1S/C19H33/c1-2-4-6-8-10-12-14-16-18-19-17-15-13-11-9-7-5-3-1/h1-3H,4,6-19H2/b2-1-,5-3?. The molecule has 19 heavy (non-hydrogen) atoms. The molecule has 0 aromatic carbocycles. The summed E-state index contributed by atoms with van der Waals surface area (Å²) < 4.78 is 0. The summed E-state index contributed by atoms with van der Waals surface area (Å²) >= 11 is 0. The maximum absolute atomic E-state index is 3.39. The average molecular weight is 261 g/mol. The van der Waals surface area contributed by atoms with E-state index >= 15 is 0 Å². The van der Waals surface area contributed by atoms with E-state index in [-0.39, 0.29) is 0 Å². The molecule has 0 unspecified atom stereocenters. The summed E-state index contributed by atoms with van der Waals surface area (Å²) in [5, 5.41) is 0. The summed E-state index contributed by atoms with van der Waals surface area (Å²) in [4.78, 5) is 0. The molecule has 1 radical (unpaired) electrons. The van der Waals surface area contributed by atoms with Crippen LogP contribution in [0.15, 0.2) is 18.2 Å². The molecule has 109 valence electrons. The van der Waals surface area contributed by atoms with Gasteiger partial charge in [-0.2, -0.15) is 0 Å². The van der Waals surface area contributed by atoms with Crippen LogP contribution < -0.4 is 0 Å². The monoisotopic (exact) mass is 261 g/mol. The van der Waals surface area contributed by atoms with Crippen molar-refractivity contribution >= 4 is 0 Å². The molecule has 0 aromatic heterocycles. The molecule has 0 amide bonds. The Morgan fingerprint density at radius 3 is 1.58 bits per heavy atom. The molecule has 0 N–H and O–H groups in total. The largest absolute Gasteiger partial charge is 0.0845 e. The van der Waals surface area contributed by atoms with E-state index in [1.807, 2.05) is 0 Å².